The Morgan fingerprint density at radius 2 is 1.52 bits per heavy atom. The van der Waals surface area contributed by atoms with E-state index in [1.165, 1.54) is 24.3 Å². The summed E-state index contributed by atoms with van der Waals surface area (Å²) in [6.45, 7) is 1.31. The second-order valence-electron chi connectivity index (χ2n) is 10.9. The van der Waals surface area contributed by atoms with Gasteiger partial charge in [0.25, 0.3) is 0 Å². The van der Waals surface area contributed by atoms with E-state index >= 15 is 0 Å². The van der Waals surface area contributed by atoms with Crippen molar-refractivity contribution in [2.45, 2.75) is 49.5 Å². The first-order chi connectivity index (χ1) is 20.4. The van der Waals surface area contributed by atoms with Gasteiger partial charge in [0.1, 0.15) is 29.5 Å². The molecule has 3 heterocycles. The summed E-state index contributed by atoms with van der Waals surface area (Å²) in [4.78, 5) is 3.08. The number of benzene rings is 3. The molecule has 1 aromatic heterocycles. The van der Waals surface area contributed by atoms with Gasteiger partial charge in [-0.25, -0.2) is 8.78 Å². The standard InChI is InChI=1S/C32H33F2N5O3/c33-21-8-4-19(5-9-21)12-27-30(16-36-27)41-18-29(40)32(39-26-3-1-2-25-24(26)14-23(15-35)38-25)42-31-17-37-28(31)13-20-6-10-22(34)11-7-20/h1-11,14,27-32,36-40H,12-13,16-18H2/t27?,28?,29?,30?,31-,32+/m0/s1. The molecule has 2 aliphatic rings. The molecule has 218 valence electrons. The van der Waals surface area contributed by atoms with Crippen molar-refractivity contribution in [2.24, 2.45) is 0 Å². The highest BCUT2D eigenvalue weighted by Crippen LogP contribution is 2.27. The van der Waals surface area contributed by atoms with Gasteiger partial charge >= 0.3 is 0 Å². The maximum atomic E-state index is 13.4. The first kappa shape index (κ1) is 28.3. The number of rotatable bonds is 12. The second kappa shape index (κ2) is 12.6. The minimum atomic E-state index is -1.01. The number of nitriles is 1. The van der Waals surface area contributed by atoms with Crippen LogP contribution in [0.5, 0.6) is 0 Å². The van der Waals surface area contributed by atoms with Crippen LogP contribution in [-0.4, -0.2) is 66.4 Å². The SMILES string of the molecule is N#Cc1cc2c(N[C@H](O[C@H]3CNC3Cc3ccc(F)cc3)C(O)COC3CNC3Cc3ccc(F)cc3)cccc2[nH]1. The molecule has 0 radical (unpaired) electrons. The van der Waals surface area contributed by atoms with Gasteiger partial charge in [-0.2, -0.15) is 5.26 Å². The molecule has 5 N–H and O–H groups in total. The Labute approximate surface area is 242 Å². The van der Waals surface area contributed by atoms with Crippen LogP contribution in [0.2, 0.25) is 0 Å². The van der Waals surface area contributed by atoms with Crippen molar-refractivity contribution < 1.29 is 23.4 Å². The fourth-order valence-electron chi connectivity index (χ4n) is 5.45. The summed E-state index contributed by atoms with van der Waals surface area (Å²) in [5.74, 6) is -0.545. The highest BCUT2D eigenvalue weighted by atomic mass is 19.1. The van der Waals surface area contributed by atoms with Gasteiger partial charge in [0.05, 0.1) is 18.8 Å². The third-order valence-electron chi connectivity index (χ3n) is 8.03. The molecule has 2 saturated heterocycles. The fourth-order valence-corrected chi connectivity index (χ4v) is 5.45. The van der Waals surface area contributed by atoms with E-state index in [2.05, 4.69) is 27.0 Å². The van der Waals surface area contributed by atoms with Gasteiger partial charge in [0.2, 0.25) is 0 Å². The van der Waals surface area contributed by atoms with Crippen molar-refractivity contribution in [1.29, 1.82) is 5.26 Å². The number of hydrogen-bond acceptors (Lipinski definition) is 7. The third kappa shape index (κ3) is 6.46. The van der Waals surface area contributed by atoms with Gasteiger partial charge in [-0.1, -0.05) is 30.3 Å². The van der Waals surface area contributed by atoms with Crippen molar-refractivity contribution >= 4 is 16.6 Å². The van der Waals surface area contributed by atoms with E-state index in [1.54, 1.807) is 30.3 Å². The molecule has 0 aliphatic carbocycles. The molecule has 10 heteroatoms. The molecular formula is C32H33F2N5O3. The number of ether oxygens (including phenoxy) is 2. The molecule has 4 aromatic rings. The molecule has 6 rings (SSSR count). The first-order valence-corrected chi connectivity index (χ1v) is 14.1. The summed E-state index contributed by atoms with van der Waals surface area (Å²) >= 11 is 0. The lowest BCUT2D eigenvalue weighted by Gasteiger charge is -2.42. The van der Waals surface area contributed by atoms with E-state index < -0.39 is 12.3 Å². The Balaban J connectivity index is 1.13. The van der Waals surface area contributed by atoms with Gasteiger partial charge in [-0.15, -0.1) is 0 Å². The Bertz CT molecular complexity index is 1540. The van der Waals surface area contributed by atoms with E-state index in [0.29, 0.717) is 31.6 Å². The highest BCUT2D eigenvalue weighted by molar-refractivity contribution is 5.93. The van der Waals surface area contributed by atoms with Crippen molar-refractivity contribution in [3.63, 3.8) is 0 Å². The zero-order valence-electron chi connectivity index (χ0n) is 22.9. The molecule has 0 bridgehead atoms. The van der Waals surface area contributed by atoms with E-state index in [0.717, 1.165) is 27.7 Å². The highest BCUT2D eigenvalue weighted by Gasteiger charge is 2.37. The van der Waals surface area contributed by atoms with Gasteiger partial charge in [-0.05, 0) is 66.4 Å². The van der Waals surface area contributed by atoms with E-state index in [-0.39, 0.29) is 42.5 Å². The quantitative estimate of drug-likeness (QED) is 0.165. The number of aliphatic hydroxyl groups excluding tert-OH is 1. The number of H-pyrrole nitrogens is 1. The molecule has 3 aromatic carbocycles. The van der Waals surface area contributed by atoms with Crippen LogP contribution in [0.1, 0.15) is 16.8 Å². The Hall–Kier alpha value is -3.85. The molecule has 2 aliphatic heterocycles. The summed E-state index contributed by atoms with van der Waals surface area (Å²) in [5, 5.41) is 31.6. The molecule has 6 atom stereocenters. The van der Waals surface area contributed by atoms with Crippen molar-refractivity contribution in [2.75, 3.05) is 25.0 Å². The topological polar surface area (TPSA) is 114 Å². The lowest BCUT2D eigenvalue weighted by Crippen LogP contribution is -2.62. The van der Waals surface area contributed by atoms with E-state index in [1.807, 2.05) is 18.2 Å². The van der Waals surface area contributed by atoms with Crippen molar-refractivity contribution in [1.82, 2.24) is 15.6 Å². The summed E-state index contributed by atoms with van der Waals surface area (Å²) in [5.41, 5.74) is 3.95. The summed E-state index contributed by atoms with van der Waals surface area (Å²) in [6.07, 6.45) is -0.764. The summed E-state index contributed by atoms with van der Waals surface area (Å²) < 4.78 is 39.3. The smallest absolute Gasteiger partial charge is 0.156 e. The second-order valence-corrected chi connectivity index (χ2v) is 10.9. The molecule has 0 amide bonds. The Morgan fingerprint density at radius 3 is 2.10 bits per heavy atom. The Morgan fingerprint density at radius 1 is 0.905 bits per heavy atom. The first-order valence-electron chi connectivity index (χ1n) is 14.1. The van der Waals surface area contributed by atoms with Crippen LogP contribution in [0.25, 0.3) is 10.9 Å². The molecule has 2 fully saturated rings. The number of halogens is 2. The minimum absolute atomic E-state index is 0.00274. The van der Waals surface area contributed by atoms with Crippen LogP contribution in [0.4, 0.5) is 14.5 Å². The monoisotopic (exact) mass is 573 g/mol. The molecule has 42 heavy (non-hydrogen) atoms. The number of hydrogen-bond donors (Lipinski definition) is 5. The normalized spacial score (nSPS) is 23.0. The number of aromatic amines is 1. The van der Waals surface area contributed by atoms with Crippen molar-refractivity contribution in [3.05, 3.63) is 101 Å². The lowest BCUT2D eigenvalue weighted by atomic mass is 9.95. The molecular weight excluding hydrogens is 540 g/mol. The summed E-state index contributed by atoms with van der Waals surface area (Å²) in [6, 6.07) is 22.4. The largest absolute Gasteiger partial charge is 0.386 e. The number of nitrogens with zero attached hydrogens (tertiary/aromatic N) is 1. The van der Waals surface area contributed by atoms with Gasteiger partial charge < -0.3 is 35.5 Å². The fraction of sp³-hybridized carbons (Fsp3) is 0.344. The van der Waals surface area contributed by atoms with Crippen LogP contribution in [0, 0.1) is 23.0 Å². The predicted molar refractivity (Wildman–Crippen MR) is 155 cm³/mol. The van der Waals surface area contributed by atoms with Crippen LogP contribution in [0.3, 0.4) is 0 Å². The molecule has 4 unspecified atom stereocenters. The van der Waals surface area contributed by atoms with Gasteiger partial charge in [-0.3, -0.25) is 0 Å². The van der Waals surface area contributed by atoms with Crippen molar-refractivity contribution in [3.8, 4) is 6.07 Å². The average molecular weight is 574 g/mol. The molecule has 8 nitrogen and oxygen atoms in total. The van der Waals surface area contributed by atoms with E-state index in [9.17, 15) is 19.1 Å². The number of anilines is 1. The zero-order chi connectivity index (χ0) is 29.1. The average Bonchev–Trinajstić information content (AvgIpc) is 3.42. The molecule has 0 spiro atoms. The van der Waals surface area contributed by atoms with Gasteiger partial charge in [0.15, 0.2) is 6.23 Å². The zero-order valence-corrected chi connectivity index (χ0v) is 22.9. The number of fused-ring (bicyclic) bond motifs is 1. The number of aliphatic hydroxyl groups is 1. The van der Waals surface area contributed by atoms with Crippen LogP contribution < -0.4 is 16.0 Å². The maximum Gasteiger partial charge on any atom is 0.156 e. The Kier molecular flexibility index (Phi) is 8.46. The van der Waals surface area contributed by atoms with Crippen LogP contribution >= 0.6 is 0 Å². The number of aromatic nitrogens is 1. The maximum absolute atomic E-state index is 13.4. The minimum Gasteiger partial charge on any atom is -0.386 e. The predicted octanol–water partition coefficient (Wildman–Crippen LogP) is 3.62. The third-order valence-corrected chi connectivity index (χ3v) is 8.03. The van der Waals surface area contributed by atoms with Gasteiger partial charge in [0, 0.05) is 41.8 Å². The van der Waals surface area contributed by atoms with Crippen LogP contribution in [-0.2, 0) is 22.3 Å². The molecule has 0 saturated carbocycles. The van der Waals surface area contributed by atoms with E-state index in [4.69, 9.17) is 9.47 Å². The summed E-state index contributed by atoms with van der Waals surface area (Å²) in [7, 11) is 0. The van der Waals surface area contributed by atoms with Crippen LogP contribution in [0.15, 0.2) is 72.8 Å². The number of nitrogens with one attached hydrogen (secondary N) is 4. The lowest BCUT2D eigenvalue weighted by molar-refractivity contribution is -0.130.